The Labute approximate surface area is 202 Å². The molecule has 3 aromatic rings. The van der Waals surface area contributed by atoms with Crippen molar-refractivity contribution in [2.45, 2.75) is 30.0 Å². The van der Waals surface area contributed by atoms with Crippen LogP contribution in [0.4, 0.5) is 0 Å². The lowest BCUT2D eigenvalue weighted by molar-refractivity contribution is -0.115. The van der Waals surface area contributed by atoms with E-state index >= 15 is 0 Å². The molecule has 1 aromatic heterocycles. The summed E-state index contributed by atoms with van der Waals surface area (Å²) >= 11 is 3.52. The summed E-state index contributed by atoms with van der Waals surface area (Å²) in [5.41, 5.74) is 0.661. The number of amides is 1. The van der Waals surface area contributed by atoms with E-state index in [9.17, 15) is 9.90 Å². The molecular formula is C26H27BrN2O4. The van der Waals surface area contributed by atoms with Crippen LogP contribution < -0.4 is 9.47 Å². The van der Waals surface area contributed by atoms with Gasteiger partial charge < -0.3 is 19.5 Å². The Kier molecular flexibility index (Phi) is 6.45. The van der Waals surface area contributed by atoms with Crippen molar-refractivity contribution in [1.29, 1.82) is 0 Å². The van der Waals surface area contributed by atoms with E-state index in [4.69, 9.17) is 9.47 Å². The predicted molar refractivity (Wildman–Crippen MR) is 129 cm³/mol. The molecule has 2 aromatic carbocycles. The number of methoxy groups -OCH3 is 1. The third-order valence-electron chi connectivity index (χ3n) is 6.37. The summed E-state index contributed by atoms with van der Waals surface area (Å²) in [6, 6.07) is 18.3. The largest absolute Gasteiger partial charge is 0.495 e. The zero-order valence-corrected chi connectivity index (χ0v) is 20.5. The van der Waals surface area contributed by atoms with Gasteiger partial charge in [-0.1, -0.05) is 58.4 Å². The van der Waals surface area contributed by atoms with Crippen LogP contribution in [0.1, 0.15) is 35.4 Å². The zero-order valence-electron chi connectivity index (χ0n) is 18.9. The van der Waals surface area contributed by atoms with Crippen molar-refractivity contribution >= 4 is 22.3 Å². The van der Waals surface area contributed by atoms with Crippen molar-refractivity contribution in [3.8, 4) is 11.5 Å². The number of hydrogen-bond donors (Lipinski definition) is 1. The van der Waals surface area contributed by atoms with E-state index in [1.807, 2.05) is 42.5 Å². The van der Waals surface area contributed by atoms with Gasteiger partial charge in [-0.3, -0.25) is 9.78 Å². The number of aliphatic hydroxyl groups is 1. The number of pyridine rings is 1. The zero-order chi connectivity index (χ0) is 23.6. The lowest BCUT2D eigenvalue weighted by Gasteiger charge is -2.40. The average Bonchev–Trinajstić information content (AvgIpc) is 3.27. The van der Waals surface area contributed by atoms with Gasteiger partial charge in [0, 0.05) is 24.5 Å². The monoisotopic (exact) mass is 510 g/mol. The van der Waals surface area contributed by atoms with E-state index in [2.05, 4.69) is 33.0 Å². The van der Waals surface area contributed by atoms with Crippen LogP contribution in [-0.2, 0) is 16.0 Å². The van der Waals surface area contributed by atoms with E-state index < -0.39 is 11.2 Å². The second-order valence-corrected chi connectivity index (χ2v) is 9.41. The van der Waals surface area contributed by atoms with Gasteiger partial charge in [0.25, 0.3) is 0 Å². The number of aromatic nitrogens is 1. The van der Waals surface area contributed by atoms with Gasteiger partial charge in [0.1, 0.15) is 17.1 Å². The fraction of sp³-hybridized carbons (Fsp3) is 0.308. The van der Waals surface area contributed by atoms with Gasteiger partial charge >= 0.3 is 0 Å². The van der Waals surface area contributed by atoms with Crippen molar-refractivity contribution < 1.29 is 19.4 Å². The molecule has 1 N–H and O–H groups in total. The van der Waals surface area contributed by atoms with Gasteiger partial charge in [-0.05, 0) is 36.1 Å². The van der Waals surface area contributed by atoms with E-state index in [1.54, 1.807) is 33.6 Å². The molecule has 0 radical (unpaired) electrons. The highest BCUT2D eigenvalue weighted by Gasteiger charge is 2.69. The van der Waals surface area contributed by atoms with E-state index in [0.717, 1.165) is 28.4 Å². The van der Waals surface area contributed by atoms with Gasteiger partial charge in [-0.2, -0.15) is 0 Å². The van der Waals surface area contributed by atoms with Crippen LogP contribution in [0.2, 0.25) is 0 Å². The molecule has 1 fully saturated rings. The highest BCUT2D eigenvalue weighted by Crippen LogP contribution is 2.67. The maximum atomic E-state index is 12.2. The average molecular weight is 511 g/mol. The molecule has 5 rings (SSSR count). The Hall–Kier alpha value is -2.90. The number of carbonyl (C=O) groups excluding carboxylic acids is 1. The minimum Gasteiger partial charge on any atom is -0.495 e. The van der Waals surface area contributed by atoms with Crippen molar-refractivity contribution in [1.82, 2.24) is 9.88 Å². The van der Waals surface area contributed by atoms with Crippen LogP contribution in [0.25, 0.3) is 0 Å². The number of nitrogens with zero attached hydrogens (tertiary/aromatic N) is 2. The Balaban J connectivity index is 0.000000471. The first-order valence-electron chi connectivity index (χ1n) is 10.7. The second-order valence-electron chi connectivity index (χ2n) is 8.49. The van der Waals surface area contributed by atoms with Crippen LogP contribution in [0.15, 0.2) is 71.5 Å². The Morgan fingerprint density at radius 1 is 1.15 bits per heavy atom. The number of rotatable bonds is 4. The maximum Gasteiger partial charge on any atom is 0.209 e. The third-order valence-corrected chi connectivity index (χ3v) is 6.90. The molecule has 1 saturated carbocycles. The summed E-state index contributed by atoms with van der Waals surface area (Å²) in [6.07, 6.45) is 5.46. The molecule has 3 atom stereocenters. The molecule has 1 amide bonds. The molecule has 2 aliphatic rings. The normalized spacial score (nSPS) is 24.6. The fourth-order valence-electron chi connectivity index (χ4n) is 5.02. The van der Waals surface area contributed by atoms with E-state index in [-0.39, 0.29) is 5.92 Å². The molecule has 33 heavy (non-hydrogen) atoms. The Morgan fingerprint density at radius 3 is 2.42 bits per heavy atom. The van der Waals surface area contributed by atoms with Crippen molar-refractivity contribution in [2.75, 3.05) is 21.2 Å². The van der Waals surface area contributed by atoms with Crippen molar-refractivity contribution in [3.05, 3.63) is 88.2 Å². The van der Waals surface area contributed by atoms with E-state index in [1.165, 1.54) is 4.90 Å². The van der Waals surface area contributed by atoms with Gasteiger partial charge in [-0.15, -0.1) is 0 Å². The van der Waals surface area contributed by atoms with Crippen LogP contribution in [0.3, 0.4) is 0 Å². The first-order chi connectivity index (χ1) is 15.9. The van der Waals surface area contributed by atoms with E-state index in [0.29, 0.717) is 23.5 Å². The summed E-state index contributed by atoms with van der Waals surface area (Å²) < 4.78 is 13.2. The summed E-state index contributed by atoms with van der Waals surface area (Å²) in [7, 11) is 4.98. The molecule has 172 valence electrons. The number of ether oxygens (including phenoxy) is 2. The van der Waals surface area contributed by atoms with Gasteiger partial charge in [0.05, 0.1) is 25.1 Å². The summed E-state index contributed by atoms with van der Waals surface area (Å²) in [4.78, 5) is 15.1. The topological polar surface area (TPSA) is 71.9 Å². The molecule has 1 aliphatic carbocycles. The quantitative estimate of drug-likeness (QED) is 0.518. The molecule has 6 nitrogen and oxygen atoms in total. The highest BCUT2D eigenvalue weighted by atomic mass is 79.9. The van der Waals surface area contributed by atoms with Crippen LogP contribution in [-0.4, -0.2) is 42.6 Å². The molecule has 0 saturated heterocycles. The second kappa shape index (κ2) is 9.15. The first-order valence-corrected chi connectivity index (χ1v) is 11.5. The Morgan fingerprint density at radius 2 is 1.82 bits per heavy atom. The summed E-state index contributed by atoms with van der Waals surface area (Å²) in [5, 5.41) is 12.2. The smallest absolute Gasteiger partial charge is 0.209 e. The first kappa shape index (κ1) is 23.3. The maximum absolute atomic E-state index is 12.2. The van der Waals surface area contributed by atoms with Gasteiger partial charge in [-0.25, -0.2) is 0 Å². The molecular weight excluding hydrogens is 484 g/mol. The van der Waals surface area contributed by atoms with Gasteiger partial charge in [0.2, 0.25) is 6.41 Å². The summed E-state index contributed by atoms with van der Waals surface area (Å²) in [5.74, 6) is 1.15. The van der Waals surface area contributed by atoms with Crippen LogP contribution in [0, 0.1) is 0 Å². The fourth-order valence-corrected chi connectivity index (χ4v) is 5.28. The number of benzene rings is 2. The third kappa shape index (κ3) is 3.79. The molecule has 0 spiro atoms. The molecule has 0 unspecified atom stereocenters. The van der Waals surface area contributed by atoms with Crippen molar-refractivity contribution in [2.24, 2.45) is 0 Å². The lowest BCUT2D eigenvalue weighted by Crippen LogP contribution is -2.48. The SMILES string of the molecule is CN(C)C=O.COc1cncc2c1[C@]1(O)CC[C@@H](c3ccccc3)[C@]1(c1ccc(Br)cc1)O2. The van der Waals surface area contributed by atoms with Crippen molar-refractivity contribution in [3.63, 3.8) is 0 Å². The van der Waals surface area contributed by atoms with Crippen LogP contribution >= 0.6 is 15.9 Å². The Bertz CT molecular complexity index is 1120. The number of carbonyl (C=O) groups is 1. The van der Waals surface area contributed by atoms with Crippen LogP contribution in [0.5, 0.6) is 11.5 Å². The number of fused-ring (bicyclic) bond motifs is 3. The molecule has 1 aliphatic heterocycles. The minimum atomic E-state index is -1.20. The summed E-state index contributed by atoms with van der Waals surface area (Å²) in [6.45, 7) is 0. The number of halogens is 1. The lowest BCUT2D eigenvalue weighted by atomic mass is 9.72. The minimum absolute atomic E-state index is 0.00279. The highest BCUT2D eigenvalue weighted by molar-refractivity contribution is 9.10. The molecule has 7 heteroatoms. The molecule has 0 bridgehead atoms. The predicted octanol–water partition coefficient (Wildman–Crippen LogP) is 4.61. The van der Waals surface area contributed by atoms with Gasteiger partial charge in [0.15, 0.2) is 5.60 Å². The number of hydrogen-bond acceptors (Lipinski definition) is 5. The molecule has 2 heterocycles. The standard InChI is InChI=1S/C23H20BrNO3.C3H7NO/c1-27-19-13-25-14-20-21(19)22(26)12-11-18(15-5-3-2-4-6-15)23(22,28-20)16-7-9-17(24)10-8-16;1-4(2)3-5/h2-10,13-14,18,26H,11-12H2,1H3;3H,1-2H3/t18-,22+,23-;/m0./s1.